The van der Waals surface area contributed by atoms with Gasteiger partial charge in [-0.2, -0.15) is 5.10 Å². The zero-order valence-corrected chi connectivity index (χ0v) is 14.6. The Labute approximate surface area is 145 Å². The van der Waals surface area contributed by atoms with Crippen molar-refractivity contribution >= 4 is 23.4 Å². The third-order valence-corrected chi connectivity index (χ3v) is 5.70. The van der Waals surface area contributed by atoms with E-state index in [1.807, 2.05) is 22.9 Å². The van der Waals surface area contributed by atoms with Crippen molar-refractivity contribution in [2.24, 2.45) is 0 Å². The maximum absolute atomic E-state index is 6.04. The molecule has 0 aliphatic carbocycles. The molecule has 1 unspecified atom stereocenters. The number of benzene rings is 2. The molecule has 3 aromatic rings. The van der Waals surface area contributed by atoms with Crippen LogP contribution in [0.1, 0.15) is 24.8 Å². The van der Waals surface area contributed by atoms with E-state index in [1.54, 1.807) is 24.4 Å². The van der Waals surface area contributed by atoms with Crippen molar-refractivity contribution in [1.82, 2.24) is 14.8 Å². The second-order valence-corrected chi connectivity index (χ2v) is 7.48. The van der Waals surface area contributed by atoms with Gasteiger partial charge >= 0.3 is 0 Å². The number of nitrogens with zero attached hydrogens (tertiary/aromatic N) is 3. The minimum absolute atomic E-state index is 0.0774. The van der Waals surface area contributed by atoms with Gasteiger partial charge in [0.15, 0.2) is 0 Å². The van der Waals surface area contributed by atoms with E-state index in [1.165, 1.54) is 10.5 Å². The minimum atomic E-state index is -0.154. The maximum Gasteiger partial charge on any atom is 0.137 e. The standard InChI is InChI=1S/C18H18ClN3S/c1-18(2,14-8-10-15(19)11-9-14)17(22-13-20-12-21-22)23-16-6-4-3-5-7-16/h3-13,17H,1-2H3. The van der Waals surface area contributed by atoms with E-state index < -0.39 is 0 Å². The molecule has 0 saturated heterocycles. The Morgan fingerprint density at radius 3 is 2.35 bits per heavy atom. The van der Waals surface area contributed by atoms with Crippen LogP contribution in [0.15, 0.2) is 72.1 Å². The molecule has 118 valence electrons. The minimum Gasteiger partial charge on any atom is -0.239 e. The van der Waals surface area contributed by atoms with Crippen molar-refractivity contribution in [2.45, 2.75) is 29.5 Å². The highest BCUT2D eigenvalue weighted by atomic mass is 35.5. The molecule has 0 aliphatic rings. The van der Waals surface area contributed by atoms with E-state index in [2.05, 4.69) is 60.3 Å². The van der Waals surface area contributed by atoms with Crippen LogP contribution in [0.5, 0.6) is 0 Å². The van der Waals surface area contributed by atoms with Crippen molar-refractivity contribution in [3.63, 3.8) is 0 Å². The van der Waals surface area contributed by atoms with Crippen LogP contribution < -0.4 is 0 Å². The van der Waals surface area contributed by atoms with Crippen LogP contribution in [-0.4, -0.2) is 14.8 Å². The number of rotatable bonds is 5. The quantitative estimate of drug-likeness (QED) is 0.596. The van der Waals surface area contributed by atoms with Crippen molar-refractivity contribution in [2.75, 3.05) is 0 Å². The van der Waals surface area contributed by atoms with Gasteiger partial charge in [-0.05, 0) is 29.8 Å². The summed E-state index contributed by atoms with van der Waals surface area (Å²) >= 11 is 7.82. The SMILES string of the molecule is CC(C)(c1ccc(Cl)cc1)C(Sc1ccccc1)n1cncn1. The Morgan fingerprint density at radius 1 is 1.04 bits per heavy atom. The first kappa shape index (κ1) is 16.1. The maximum atomic E-state index is 6.04. The monoisotopic (exact) mass is 343 g/mol. The summed E-state index contributed by atoms with van der Waals surface area (Å²) in [5.41, 5.74) is 1.06. The van der Waals surface area contributed by atoms with Gasteiger partial charge in [0.05, 0.1) is 0 Å². The zero-order valence-electron chi connectivity index (χ0n) is 13.1. The van der Waals surface area contributed by atoms with E-state index in [0.717, 1.165) is 5.02 Å². The molecule has 0 saturated carbocycles. The fraction of sp³-hybridized carbons (Fsp3) is 0.222. The number of thioether (sulfide) groups is 1. The Morgan fingerprint density at radius 2 is 1.74 bits per heavy atom. The summed E-state index contributed by atoms with van der Waals surface area (Å²) in [6.07, 6.45) is 3.36. The molecule has 3 nitrogen and oxygen atoms in total. The zero-order chi connectivity index (χ0) is 16.3. The lowest BCUT2D eigenvalue weighted by Crippen LogP contribution is -2.29. The third-order valence-electron chi connectivity index (χ3n) is 3.87. The van der Waals surface area contributed by atoms with Crippen molar-refractivity contribution in [1.29, 1.82) is 0 Å². The van der Waals surface area contributed by atoms with Crippen molar-refractivity contribution in [3.05, 3.63) is 77.8 Å². The van der Waals surface area contributed by atoms with Gasteiger partial charge < -0.3 is 0 Å². The van der Waals surface area contributed by atoms with Crippen LogP contribution in [-0.2, 0) is 5.41 Å². The van der Waals surface area contributed by atoms with Crippen LogP contribution >= 0.6 is 23.4 Å². The lowest BCUT2D eigenvalue weighted by molar-refractivity contribution is 0.394. The molecule has 1 aromatic heterocycles. The lowest BCUT2D eigenvalue weighted by atomic mass is 9.84. The molecule has 0 radical (unpaired) electrons. The number of halogens is 1. The molecule has 3 rings (SSSR count). The van der Waals surface area contributed by atoms with Crippen LogP contribution in [0, 0.1) is 0 Å². The topological polar surface area (TPSA) is 30.7 Å². The van der Waals surface area contributed by atoms with Crippen LogP contribution in [0.25, 0.3) is 0 Å². The molecule has 1 atom stereocenters. The Kier molecular flexibility index (Phi) is 4.74. The Bertz CT molecular complexity index is 740. The Hall–Kier alpha value is -1.78. The van der Waals surface area contributed by atoms with E-state index in [4.69, 9.17) is 11.6 Å². The first-order valence-electron chi connectivity index (χ1n) is 7.39. The van der Waals surface area contributed by atoms with E-state index in [0.29, 0.717) is 0 Å². The third kappa shape index (κ3) is 3.59. The van der Waals surface area contributed by atoms with Crippen LogP contribution in [0.2, 0.25) is 5.02 Å². The molecular formula is C18H18ClN3S. The molecule has 0 bridgehead atoms. The van der Waals surface area contributed by atoms with Gasteiger partial charge in [-0.1, -0.05) is 67.5 Å². The van der Waals surface area contributed by atoms with Gasteiger partial charge in [-0.15, -0.1) is 0 Å². The summed E-state index contributed by atoms with van der Waals surface area (Å²) < 4.78 is 1.92. The summed E-state index contributed by atoms with van der Waals surface area (Å²) in [5.74, 6) is 0. The van der Waals surface area contributed by atoms with Gasteiger partial charge in [-0.3, -0.25) is 0 Å². The molecule has 2 aromatic carbocycles. The summed E-state index contributed by atoms with van der Waals surface area (Å²) in [6.45, 7) is 4.44. The van der Waals surface area contributed by atoms with Crippen molar-refractivity contribution in [3.8, 4) is 0 Å². The lowest BCUT2D eigenvalue weighted by Gasteiger charge is -2.34. The molecule has 23 heavy (non-hydrogen) atoms. The summed E-state index contributed by atoms with van der Waals surface area (Å²) in [5, 5.41) is 5.21. The number of aromatic nitrogens is 3. The van der Waals surface area contributed by atoms with Gasteiger partial charge in [-0.25, -0.2) is 9.67 Å². The van der Waals surface area contributed by atoms with Gasteiger partial charge in [0.2, 0.25) is 0 Å². The van der Waals surface area contributed by atoms with Crippen molar-refractivity contribution < 1.29 is 0 Å². The first-order chi connectivity index (χ1) is 11.1. The second kappa shape index (κ2) is 6.77. The molecule has 0 amide bonds. The van der Waals surface area contributed by atoms with Gasteiger partial charge in [0.1, 0.15) is 18.0 Å². The van der Waals surface area contributed by atoms with Crippen LogP contribution in [0.3, 0.4) is 0 Å². The number of hydrogen-bond donors (Lipinski definition) is 0. The fourth-order valence-electron chi connectivity index (χ4n) is 2.52. The molecular weight excluding hydrogens is 326 g/mol. The first-order valence-corrected chi connectivity index (χ1v) is 8.65. The highest BCUT2D eigenvalue weighted by Gasteiger charge is 2.34. The largest absolute Gasteiger partial charge is 0.239 e. The van der Waals surface area contributed by atoms with E-state index >= 15 is 0 Å². The smallest absolute Gasteiger partial charge is 0.137 e. The predicted molar refractivity (Wildman–Crippen MR) is 95.8 cm³/mol. The van der Waals surface area contributed by atoms with E-state index in [-0.39, 0.29) is 10.8 Å². The normalized spacial score (nSPS) is 13.0. The van der Waals surface area contributed by atoms with Crippen LogP contribution in [0.4, 0.5) is 0 Å². The molecule has 0 N–H and O–H groups in total. The fourth-order valence-corrected chi connectivity index (χ4v) is 3.87. The van der Waals surface area contributed by atoms with Gasteiger partial charge in [0, 0.05) is 15.3 Å². The summed E-state index contributed by atoms with van der Waals surface area (Å²) in [4.78, 5) is 5.33. The number of hydrogen-bond acceptors (Lipinski definition) is 3. The highest BCUT2D eigenvalue weighted by Crippen LogP contribution is 2.45. The summed E-state index contributed by atoms with van der Waals surface area (Å²) in [6, 6.07) is 18.4. The molecule has 0 spiro atoms. The second-order valence-electron chi connectivity index (χ2n) is 5.89. The Balaban J connectivity index is 1.98. The molecule has 5 heteroatoms. The van der Waals surface area contributed by atoms with Gasteiger partial charge in [0.25, 0.3) is 0 Å². The average molecular weight is 344 g/mol. The highest BCUT2D eigenvalue weighted by molar-refractivity contribution is 7.99. The summed E-state index contributed by atoms with van der Waals surface area (Å²) in [7, 11) is 0. The molecule has 0 fully saturated rings. The molecule has 1 heterocycles. The predicted octanol–water partition coefficient (Wildman–Crippen LogP) is 5.20. The van der Waals surface area contributed by atoms with E-state index in [9.17, 15) is 0 Å². The average Bonchev–Trinajstić information content (AvgIpc) is 3.08. The molecule has 0 aliphatic heterocycles.